The first-order chi connectivity index (χ1) is 13.7. The van der Waals surface area contributed by atoms with E-state index >= 15 is 0 Å². The van der Waals surface area contributed by atoms with E-state index in [1.165, 1.54) is 11.3 Å². The van der Waals surface area contributed by atoms with Crippen LogP contribution in [-0.4, -0.2) is 57.2 Å². The van der Waals surface area contributed by atoms with Crippen LogP contribution in [0, 0.1) is 6.92 Å². The van der Waals surface area contributed by atoms with Crippen molar-refractivity contribution in [3.8, 4) is 0 Å². The quantitative estimate of drug-likeness (QED) is 0.714. The van der Waals surface area contributed by atoms with Crippen molar-refractivity contribution in [3.63, 3.8) is 0 Å². The number of hydrogen-bond acceptors (Lipinski definition) is 4. The molecule has 5 nitrogen and oxygen atoms in total. The second-order valence-corrected chi connectivity index (χ2v) is 7.41. The van der Waals surface area contributed by atoms with E-state index in [-0.39, 0.29) is 5.91 Å². The first-order valence-electron chi connectivity index (χ1n) is 10.1. The fraction of sp³-hybridized carbons (Fsp3) is 0.435. The fourth-order valence-corrected chi connectivity index (χ4v) is 3.63. The molecule has 1 aliphatic heterocycles. The van der Waals surface area contributed by atoms with Gasteiger partial charge in [0.25, 0.3) is 5.91 Å². The zero-order valence-corrected chi connectivity index (χ0v) is 17.0. The van der Waals surface area contributed by atoms with Crippen LogP contribution in [0.5, 0.6) is 0 Å². The number of hydrogen-bond donors (Lipinski definition) is 1. The molecule has 1 N–H and O–H groups in total. The van der Waals surface area contributed by atoms with Crippen molar-refractivity contribution in [1.29, 1.82) is 0 Å². The van der Waals surface area contributed by atoms with Gasteiger partial charge in [-0.15, -0.1) is 0 Å². The summed E-state index contributed by atoms with van der Waals surface area (Å²) in [6, 6.07) is 16.3. The van der Waals surface area contributed by atoms with Gasteiger partial charge in [-0.2, -0.15) is 0 Å². The summed E-state index contributed by atoms with van der Waals surface area (Å²) in [6.07, 6.45) is 0.966. The van der Waals surface area contributed by atoms with Crippen LogP contribution in [0.3, 0.4) is 0 Å². The van der Waals surface area contributed by atoms with Gasteiger partial charge < -0.3 is 15.0 Å². The highest BCUT2D eigenvalue weighted by Gasteiger charge is 2.17. The molecule has 1 amide bonds. The fourth-order valence-electron chi connectivity index (χ4n) is 3.63. The Hall–Kier alpha value is -2.37. The Kier molecular flexibility index (Phi) is 7.46. The summed E-state index contributed by atoms with van der Waals surface area (Å²) in [5, 5.41) is 3.03. The predicted molar refractivity (Wildman–Crippen MR) is 114 cm³/mol. The van der Waals surface area contributed by atoms with Crippen LogP contribution in [0.4, 0.5) is 5.69 Å². The minimum Gasteiger partial charge on any atom is -0.380 e. The molecule has 0 radical (unpaired) electrons. The highest BCUT2D eigenvalue weighted by atomic mass is 16.5. The molecular weight excluding hydrogens is 350 g/mol. The van der Waals surface area contributed by atoms with Crippen LogP contribution < -0.4 is 10.2 Å². The summed E-state index contributed by atoms with van der Waals surface area (Å²) >= 11 is 0. The van der Waals surface area contributed by atoms with Gasteiger partial charge >= 0.3 is 0 Å². The molecule has 0 atom stereocenters. The molecule has 2 aromatic rings. The van der Waals surface area contributed by atoms with E-state index in [0.29, 0.717) is 18.7 Å². The van der Waals surface area contributed by atoms with Crippen molar-refractivity contribution in [2.24, 2.45) is 0 Å². The van der Waals surface area contributed by atoms with Crippen LogP contribution in [-0.2, 0) is 11.3 Å². The molecule has 0 bridgehead atoms. The normalized spacial score (nSPS) is 14.9. The van der Waals surface area contributed by atoms with Gasteiger partial charge in [0.05, 0.1) is 6.61 Å². The van der Waals surface area contributed by atoms with Crippen LogP contribution in [0.25, 0.3) is 0 Å². The Labute approximate surface area is 168 Å². The SMILES string of the molecule is COCc1cccc(C(=O)NCCCN2CCN(c3cccc(C)c3)CC2)c1. The van der Waals surface area contributed by atoms with Crippen molar-refractivity contribution in [2.75, 3.05) is 51.3 Å². The van der Waals surface area contributed by atoms with Gasteiger partial charge in [-0.05, 0) is 55.3 Å². The average molecular weight is 382 g/mol. The van der Waals surface area contributed by atoms with Gasteiger partial charge in [-0.25, -0.2) is 0 Å². The lowest BCUT2D eigenvalue weighted by molar-refractivity contribution is 0.0951. The molecule has 1 aliphatic rings. The maximum Gasteiger partial charge on any atom is 0.251 e. The molecule has 0 aromatic heterocycles. The van der Waals surface area contributed by atoms with E-state index in [4.69, 9.17) is 4.74 Å². The number of anilines is 1. The number of rotatable bonds is 8. The van der Waals surface area contributed by atoms with E-state index in [1.807, 2.05) is 24.3 Å². The number of benzene rings is 2. The minimum absolute atomic E-state index is 0.0118. The van der Waals surface area contributed by atoms with Crippen LogP contribution in [0.15, 0.2) is 48.5 Å². The molecule has 1 fully saturated rings. The first kappa shape index (κ1) is 20.4. The lowest BCUT2D eigenvalue weighted by Gasteiger charge is -2.36. The van der Waals surface area contributed by atoms with Crippen molar-refractivity contribution in [3.05, 3.63) is 65.2 Å². The zero-order valence-electron chi connectivity index (χ0n) is 17.0. The number of ether oxygens (including phenoxy) is 1. The van der Waals surface area contributed by atoms with E-state index in [2.05, 4.69) is 46.3 Å². The third kappa shape index (κ3) is 5.81. The molecule has 0 aliphatic carbocycles. The number of nitrogens with zero attached hydrogens (tertiary/aromatic N) is 2. The molecule has 0 unspecified atom stereocenters. The van der Waals surface area contributed by atoms with Crippen molar-refractivity contribution < 1.29 is 9.53 Å². The summed E-state index contributed by atoms with van der Waals surface area (Å²) in [6.45, 7) is 8.64. The highest BCUT2D eigenvalue weighted by molar-refractivity contribution is 5.94. The third-order valence-corrected chi connectivity index (χ3v) is 5.18. The third-order valence-electron chi connectivity index (χ3n) is 5.18. The largest absolute Gasteiger partial charge is 0.380 e. The van der Waals surface area contributed by atoms with Gasteiger partial charge in [-0.1, -0.05) is 24.3 Å². The highest BCUT2D eigenvalue weighted by Crippen LogP contribution is 2.17. The molecule has 2 aromatic carbocycles. The van der Waals surface area contributed by atoms with E-state index in [9.17, 15) is 4.79 Å². The van der Waals surface area contributed by atoms with E-state index < -0.39 is 0 Å². The summed E-state index contributed by atoms with van der Waals surface area (Å²) in [5.41, 5.74) is 4.34. The smallest absolute Gasteiger partial charge is 0.251 e. The molecule has 0 spiro atoms. The minimum atomic E-state index is -0.0118. The molecule has 1 saturated heterocycles. The summed E-state index contributed by atoms with van der Waals surface area (Å²) < 4.78 is 5.13. The summed E-state index contributed by atoms with van der Waals surface area (Å²) in [4.78, 5) is 17.2. The summed E-state index contributed by atoms with van der Waals surface area (Å²) in [5.74, 6) is -0.0118. The van der Waals surface area contributed by atoms with Gasteiger partial charge in [0.1, 0.15) is 0 Å². The van der Waals surface area contributed by atoms with Crippen molar-refractivity contribution in [2.45, 2.75) is 20.0 Å². The van der Waals surface area contributed by atoms with Crippen LogP contribution in [0.2, 0.25) is 0 Å². The van der Waals surface area contributed by atoms with Crippen molar-refractivity contribution >= 4 is 11.6 Å². The number of amides is 1. The topological polar surface area (TPSA) is 44.8 Å². The van der Waals surface area contributed by atoms with Crippen LogP contribution in [0.1, 0.15) is 27.9 Å². The monoisotopic (exact) mass is 381 g/mol. The lowest BCUT2D eigenvalue weighted by Crippen LogP contribution is -2.47. The number of nitrogens with one attached hydrogen (secondary N) is 1. The standard InChI is InChI=1S/C23H31N3O2/c1-19-6-3-9-22(16-19)26-14-12-25(13-15-26)11-5-10-24-23(27)21-8-4-7-20(17-21)18-28-2/h3-4,6-9,16-17H,5,10-15,18H2,1-2H3,(H,24,27). The first-order valence-corrected chi connectivity index (χ1v) is 10.1. The molecule has 3 rings (SSSR count). The molecule has 1 heterocycles. The Morgan fingerprint density at radius 1 is 1.07 bits per heavy atom. The molecule has 0 saturated carbocycles. The Balaban J connectivity index is 1.36. The number of piperazine rings is 1. The van der Waals surface area contributed by atoms with Gasteiger partial charge in [0.2, 0.25) is 0 Å². The van der Waals surface area contributed by atoms with Crippen molar-refractivity contribution in [1.82, 2.24) is 10.2 Å². The number of aryl methyl sites for hydroxylation is 1. The number of carbonyl (C=O) groups excluding carboxylic acids is 1. The van der Waals surface area contributed by atoms with Crippen LogP contribution >= 0.6 is 0 Å². The number of carbonyl (C=O) groups is 1. The maximum atomic E-state index is 12.3. The average Bonchev–Trinajstić information content (AvgIpc) is 2.72. The van der Waals surface area contributed by atoms with E-state index in [0.717, 1.165) is 44.7 Å². The molecule has 5 heteroatoms. The Morgan fingerprint density at radius 3 is 2.61 bits per heavy atom. The molecular formula is C23H31N3O2. The van der Waals surface area contributed by atoms with Gasteiger partial charge in [0.15, 0.2) is 0 Å². The number of methoxy groups -OCH3 is 1. The Bertz CT molecular complexity index is 770. The molecule has 28 heavy (non-hydrogen) atoms. The summed E-state index contributed by atoms with van der Waals surface area (Å²) in [7, 11) is 1.66. The van der Waals surface area contributed by atoms with Gasteiger partial charge in [0, 0.05) is 51.1 Å². The maximum absolute atomic E-state index is 12.3. The lowest BCUT2D eigenvalue weighted by atomic mass is 10.1. The predicted octanol–water partition coefficient (Wildman–Crippen LogP) is 3.08. The second kappa shape index (κ2) is 10.2. The van der Waals surface area contributed by atoms with E-state index in [1.54, 1.807) is 7.11 Å². The molecule has 150 valence electrons. The Morgan fingerprint density at radius 2 is 1.86 bits per heavy atom. The zero-order chi connectivity index (χ0) is 19.8. The second-order valence-electron chi connectivity index (χ2n) is 7.41. The van der Waals surface area contributed by atoms with Gasteiger partial charge in [-0.3, -0.25) is 9.69 Å².